The zero-order valence-corrected chi connectivity index (χ0v) is 16.9. The summed E-state index contributed by atoms with van der Waals surface area (Å²) in [5, 5.41) is 3.78. The monoisotopic (exact) mass is 392 g/mol. The fourth-order valence-electron chi connectivity index (χ4n) is 4.52. The summed E-state index contributed by atoms with van der Waals surface area (Å²) in [5.74, 6) is 0.397. The maximum Gasteiger partial charge on any atom is 0.222 e. The maximum absolute atomic E-state index is 11.5. The molecule has 7 nitrogen and oxygen atoms in total. The van der Waals surface area contributed by atoms with E-state index in [1.54, 1.807) is 6.20 Å². The van der Waals surface area contributed by atoms with Crippen LogP contribution in [0.1, 0.15) is 30.2 Å². The van der Waals surface area contributed by atoms with Crippen LogP contribution in [0.3, 0.4) is 0 Å². The van der Waals surface area contributed by atoms with Crippen molar-refractivity contribution < 1.29 is 14.3 Å². The lowest BCUT2D eigenvalue weighted by molar-refractivity contribution is -0.114. The Morgan fingerprint density at radius 3 is 2.93 bits per heavy atom. The number of hydrogen-bond acceptors (Lipinski definition) is 5. The fraction of sp³-hybridized carbons (Fsp3) is 0.409. The van der Waals surface area contributed by atoms with Crippen LogP contribution < -0.4 is 5.32 Å². The van der Waals surface area contributed by atoms with E-state index in [0.29, 0.717) is 25.6 Å². The number of aryl methyl sites for hydroxylation is 2. The predicted molar refractivity (Wildman–Crippen MR) is 110 cm³/mol. The number of hydrogen-bond donors (Lipinski definition) is 1. The lowest BCUT2D eigenvalue weighted by atomic mass is 9.87. The molecule has 5 heterocycles. The van der Waals surface area contributed by atoms with Gasteiger partial charge in [0.15, 0.2) is 0 Å². The van der Waals surface area contributed by atoms with Crippen LogP contribution in [0.5, 0.6) is 0 Å². The highest BCUT2D eigenvalue weighted by molar-refractivity contribution is 5.98. The van der Waals surface area contributed by atoms with E-state index in [1.807, 2.05) is 17.7 Å². The minimum Gasteiger partial charge on any atom is -0.378 e. The van der Waals surface area contributed by atoms with Crippen molar-refractivity contribution in [2.24, 2.45) is 7.05 Å². The summed E-state index contributed by atoms with van der Waals surface area (Å²) >= 11 is 0. The minimum atomic E-state index is -0.429. The topological polar surface area (TPSA) is 78.3 Å². The van der Waals surface area contributed by atoms with Gasteiger partial charge in [0, 0.05) is 44.1 Å². The van der Waals surface area contributed by atoms with E-state index in [1.165, 1.54) is 18.1 Å². The molecule has 2 aliphatic heterocycles. The van der Waals surface area contributed by atoms with Crippen molar-refractivity contribution in [3.8, 4) is 11.3 Å². The molecule has 1 spiro atoms. The van der Waals surface area contributed by atoms with Gasteiger partial charge in [-0.1, -0.05) is 0 Å². The number of pyridine rings is 2. The van der Waals surface area contributed by atoms with Crippen LogP contribution >= 0.6 is 0 Å². The molecule has 29 heavy (non-hydrogen) atoms. The number of rotatable bonds is 2. The molecule has 1 fully saturated rings. The molecule has 0 aromatic carbocycles. The first-order chi connectivity index (χ1) is 14.0. The molecule has 2 aliphatic rings. The van der Waals surface area contributed by atoms with Gasteiger partial charge in [-0.15, -0.1) is 0 Å². The van der Waals surface area contributed by atoms with E-state index in [9.17, 15) is 4.79 Å². The highest BCUT2D eigenvalue weighted by Gasteiger charge is 2.43. The van der Waals surface area contributed by atoms with Crippen molar-refractivity contribution in [2.75, 3.05) is 25.1 Å². The second-order valence-electron chi connectivity index (χ2n) is 7.97. The highest BCUT2D eigenvalue weighted by Crippen LogP contribution is 2.41. The van der Waals surface area contributed by atoms with Gasteiger partial charge in [-0.05, 0) is 36.6 Å². The standard InChI is InChI=1S/C22H24N4O3/c1-13-8-18(25-21-15(13)4-6-29-22(21)5-7-28-12-22)17-11-26(3)19-10-23-20(9-16(17)19)24-14(2)27/h8-11H,4-7,12H2,1-3H3,(H,23,24,27). The van der Waals surface area contributed by atoms with E-state index >= 15 is 0 Å². The van der Waals surface area contributed by atoms with Gasteiger partial charge >= 0.3 is 0 Å². The normalized spacial score (nSPS) is 20.9. The SMILES string of the molecule is CC(=O)Nc1cc2c(-c3cc(C)c4c(n3)C3(CCOC3)OCC4)cn(C)c2cn1. The first kappa shape index (κ1) is 18.3. The number of nitrogens with one attached hydrogen (secondary N) is 1. The summed E-state index contributed by atoms with van der Waals surface area (Å²) in [6.45, 7) is 5.59. The average molecular weight is 392 g/mol. The number of ether oxygens (including phenoxy) is 2. The molecule has 1 atom stereocenters. The van der Waals surface area contributed by atoms with Gasteiger partial charge in [-0.2, -0.15) is 0 Å². The molecule has 1 N–H and O–H groups in total. The zero-order valence-electron chi connectivity index (χ0n) is 16.9. The highest BCUT2D eigenvalue weighted by atomic mass is 16.6. The second-order valence-corrected chi connectivity index (χ2v) is 7.97. The number of carbonyl (C=O) groups excluding carboxylic acids is 1. The van der Waals surface area contributed by atoms with Gasteiger partial charge in [-0.3, -0.25) is 4.79 Å². The molecule has 1 unspecified atom stereocenters. The van der Waals surface area contributed by atoms with Crippen molar-refractivity contribution in [1.82, 2.24) is 14.5 Å². The summed E-state index contributed by atoms with van der Waals surface area (Å²) < 4.78 is 13.9. The van der Waals surface area contributed by atoms with E-state index < -0.39 is 5.60 Å². The Balaban J connectivity index is 1.69. The zero-order chi connectivity index (χ0) is 20.2. The molecular weight excluding hydrogens is 368 g/mol. The molecule has 0 aliphatic carbocycles. The Labute approximate surface area is 169 Å². The number of aromatic nitrogens is 3. The number of nitrogens with zero attached hydrogens (tertiary/aromatic N) is 3. The van der Waals surface area contributed by atoms with Gasteiger partial charge in [-0.25, -0.2) is 9.97 Å². The Kier molecular flexibility index (Phi) is 4.18. The molecule has 0 radical (unpaired) electrons. The van der Waals surface area contributed by atoms with Crippen LogP contribution in [0, 0.1) is 6.92 Å². The molecule has 0 bridgehead atoms. The minimum absolute atomic E-state index is 0.141. The van der Waals surface area contributed by atoms with Crippen LogP contribution in [-0.4, -0.2) is 40.3 Å². The molecule has 3 aromatic heterocycles. The first-order valence-corrected chi connectivity index (χ1v) is 9.93. The molecule has 0 saturated carbocycles. The van der Waals surface area contributed by atoms with Crippen molar-refractivity contribution in [1.29, 1.82) is 0 Å². The van der Waals surface area contributed by atoms with E-state index in [4.69, 9.17) is 14.5 Å². The lowest BCUT2D eigenvalue weighted by Gasteiger charge is -2.34. The Morgan fingerprint density at radius 2 is 2.17 bits per heavy atom. The van der Waals surface area contributed by atoms with Crippen molar-refractivity contribution in [3.63, 3.8) is 0 Å². The van der Waals surface area contributed by atoms with E-state index in [-0.39, 0.29) is 5.91 Å². The molecule has 1 saturated heterocycles. The van der Waals surface area contributed by atoms with E-state index in [2.05, 4.69) is 29.5 Å². The van der Waals surface area contributed by atoms with Crippen molar-refractivity contribution >= 4 is 22.6 Å². The molecule has 150 valence electrons. The summed E-state index contributed by atoms with van der Waals surface area (Å²) in [6.07, 6.45) is 5.56. The van der Waals surface area contributed by atoms with Gasteiger partial charge in [0.25, 0.3) is 0 Å². The molecule has 7 heteroatoms. The third-order valence-corrected chi connectivity index (χ3v) is 5.95. The lowest BCUT2D eigenvalue weighted by Crippen LogP contribution is -2.37. The summed E-state index contributed by atoms with van der Waals surface area (Å²) in [5.41, 5.74) is 6.01. The predicted octanol–water partition coefficient (Wildman–Crippen LogP) is 3.09. The fourth-order valence-corrected chi connectivity index (χ4v) is 4.52. The van der Waals surface area contributed by atoms with Crippen LogP contribution in [0.25, 0.3) is 22.2 Å². The summed E-state index contributed by atoms with van der Waals surface area (Å²) in [6, 6.07) is 4.06. The molecule has 3 aromatic rings. The van der Waals surface area contributed by atoms with Crippen molar-refractivity contribution in [2.45, 2.75) is 32.3 Å². The number of carbonyl (C=O) groups is 1. The Morgan fingerprint density at radius 1 is 1.31 bits per heavy atom. The van der Waals surface area contributed by atoms with Crippen LogP contribution in [0.4, 0.5) is 5.82 Å². The number of anilines is 1. The van der Waals surface area contributed by atoms with Crippen molar-refractivity contribution in [3.05, 3.63) is 41.3 Å². The van der Waals surface area contributed by atoms with Gasteiger partial charge in [0.2, 0.25) is 5.91 Å². The first-order valence-electron chi connectivity index (χ1n) is 9.93. The van der Waals surface area contributed by atoms with Crippen LogP contribution in [0.15, 0.2) is 24.5 Å². The second kappa shape index (κ2) is 6.64. The molecule has 5 rings (SSSR count). The Bertz CT molecular complexity index is 1130. The van der Waals surface area contributed by atoms with Gasteiger partial charge in [0.1, 0.15) is 11.4 Å². The molecular formula is C22H24N4O3. The maximum atomic E-state index is 11.5. The third-order valence-electron chi connectivity index (χ3n) is 5.95. The smallest absolute Gasteiger partial charge is 0.222 e. The van der Waals surface area contributed by atoms with Crippen LogP contribution in [0.2, 0.25) is 0 Å². The van der Waals surface area contributed by atoms with Gasteiger partial charge in [0.05, 0.1) is 36.3 Å². The largest absolute Gasteiger partial charge is 0.378 e. The van der Waals surface area contributed by atoms with E-state index in [0.717, 1.165) is 40.7 Å². The summed E-state index contributed by atoms with van der Waals surface area (Å²) in [7, 11) is 1.99. The average Bonchev–Trinajstić information content (AvgIpc) is 3.27. The quantitative estimate of drug-likeness (QED) is 0.725. The Hall–Kier alpha value is -2.77. The molecule has 1 amide bonds. The summed E-state index contributed by atoms with van der Waals surface area (Å²) in [4.78, 5) is 20.9. The van der Waals surface area contributed by atoms with Gasteiger partial charge < -0.3 is 19.4 Å². The third kappa shape index (κ3) is 2.92. The number of fused-ring (bicyclic) bond motifs is 3. The number of amides is 1. The van der Waals surface area contributed by atoms with Crippen LogP contribution in [-0.2, 0) is 33.3 Å².